The van der Waals surface area contributed by atoms with Crippen LogP contribution in [0.3, 0.4) is 0 Å². The fourth-order valence-electron chi connectivity index (χ4n) is 7.01. The van der Waals surface area contributed by atoms with Crippen LogP contribution in [-0.2, 0) is 40.0 Å². The number of amides is 5. The molecule has 1 fully saturated rings. The van der Waals surface area contributed by atoms with Gasteiger partial charge in [-0.1, -0.05) is 46.8 Å². The van der Waals surface area contributed by atoms with E-state index in [0.29, 0.717) is 44.2 Å². The molecular weight excluding hydrogens is 888 g/mol. The maximum Gasteiger partial charge on any atom is 0.490 e. The summed E-state index contributed by atoms with van der Waals surface area (Å²) >= 11 is 0. The third kappa shape index (κ3) is 21.2. The minimum atomic E-state index is -5.08. The topological polar surface area (TPSA) is 332 Å². The molecule has 0 aliphatic carbocycles. The van der Waals surface area contributed by atoms with Crippen LogP contribution < -0.4 is 43.4 Å². The van der Waals surface area contributed by atoms with Gasteiger partial charge in [0, 0.05) is 45.6 Å². The molecule has 376 valence electrons. The van der Waals surface area contributed by atoms with Crippen molar-refractivity contribution < 1.29 is 62.1 Å². The maximum atomic E-state index is 14.2. The number of alkyl halides is 3. The van der Waals surface area contributed by atoms with E-state index in [9.17, 15) is 52.2 Å². The molecule has 2 aliphatic rings. The second-order valence-corrected chi connectivity index (χ2v) is 17.7. The zero-order valence-electron chi connectivity index (χ0n) is 38.7. The number of hydrogen-bond donors (Lipinski definition) is 11. The highest BCUT2D eigenvalue weighted by atomic mass is 19.4. The van der Waals surface area contributed by atoms with Crippen molar-refractivity contribution >= 4 is 53.4 Å². The lowest BCUT2D eigenvalue weighted by Gasteiger charge is -2.33. The van der Waals surface area contributed by atoms with Gasteiger partial charge >= 0.3 is 18.1 Å². The van der Waals surface area contributed by atoms with Crippen molar-refractivity contribution in [2.24, 2.45) is 32.8 Å². The number of guanidine groups is 2. The molecule has 0 radical (unpaired) electrons. The highest BCUT2D eigenvalue weighted by molar-refractivity contribution is 5.96. The summed E-state index contributed by atoms with van der Waals surface area (Å²) in [6, 6.07) is 0.530. The van der Waals surface area contributed by atoms with Crippen molar-refractivity contribution in [3.8, 4) is 5.75 Å². The van der Waals surface area contributed by atoms with Gasteiger partial charge in [0.2, 0.25) is 29.5 Å². The van der Waals surface area contributed by atoms with E-state index >= 15 is 0 Å². The summed E-state index contributed by atoms with van der Waals surface area (Å²) in [6.45, 7) is 11.6. The number of likely N-dealkylation sites (tertiary alicyclic amines) is 1. The monoisotopic (exact) mass is 956 g/mol. The zero-order valence-corrected chi connectivity index (χ0v) is 38.7. The lowest BCUT2D eigenvalue weighted by molar-refractivity contribution is -0.192. The van der Waals surface area contributed by atoms with Crippen LogP contribution in [0.1, 0.15) is 98.0 Å². The smallest absolute Gasteiger partial charge is 0.490 e. The van der Waals surface area contributed by atoms with E-state index in [1.165, 1.54) is 17.0 Å². The second kappa shape index (κ2) is 27.3. The van der Waals surface area contributed by atoms with E-state index in [1.54, 1.807) is 32.9 Å². The Kier molecular flexibility index (Phi) is 23.1. The zero-order chi connectivity index (χ0) is 50.5. The van der Waals surface area contributed by atoms with Gasteiger partial charge in [0.05, 0.1) is 0 Å². The number of halogens is 3. The van der Waals surface area contributed by atoms with Crippen molar-refractivity contribution in [1.29, 1.82) is 0 Å². The second-order valence-electron chi connectivity index (χ2n) is 17.7. The van der Waals surface area contributed by atoms with Crippen LogP contribution in [0, 0.1) is 11.3 Å². The van der Waals surface area contributed by atoms with E-state index in [-0.39, 0.29) is 62.3 Å². The molecule has 21 nitrogen and oxygen atoms in total. The van der Waals surface area contributed by atoms with Gasteiger partial charge in [-0.25, -0.2) is 9.59 Å². The summed E-state index contributed by atoms with van der Waals surface area (Å²) in [5, 5.41) is 44.2. The fourth-order valence-corrected chi connectivity index (χ4v) is 7.01. The number of hydrogen-bond acceptors (Lipinski definition) is 12. The number of nitrogens with two attached hydrogens (primary N) is 2. The number of rotatable bonds is 22. The molecule has 13 N–H and O–H groups in total. The van der Waals surface area contributed by atoms with Gasteiger partial charge in [0.1, 0.15) is 36.0 Å². The van der Waals surface area contributed by atoms with E-state index in [4.69, 9.17) is 21.4 Å². The molecule has 1 aromatic carbocycles. The SMILES string of the molecule is CC(C)C[C@H](NC(=O)[C@@H](NC(=O)[C@H](Cc1ccc(O)cc1)NC(=O)[C@@H]1CCCN1C(=O)[C@H](CCCN=C(N)N)NC(=O)CCCCNC1=NCCCN1)C(C)(C)C)C(=O)O.O=C(O)C(F)(F)F. The Hall–Kier alpha value is -6.36. The molecule has 1 saturated heterocycles. The first kappa shape index (κ1) is 56.8. The Labute approximate surface area is 387 Å². The average molecular weight is 956 g/mol. The first-order valence-electron chi connectivity index (χ1n) is 22.2. The van der Waals surface area contributed by atoms with Gasteiger partial charge in [-0.05, 0) is 80.4 Å². The number of aliphatic imine (C=N–C) groups is 2. The number of nitrogens with one attached hydrogen (secondary N) is 6. The van der Waals surface area contributed by atoms with E-state index in [1.807, 2.05) is 13.8 Å². The quantitative estimate of drug-likeness (QED) is 0.0436. The molecular formula is C43H68F3N11O10. The number of aromatic hydroxyl groups is 1. The highest BCUT2D eigenvalue weighted by Gasteiger charge is 2.41. The molecule has 24 heteroatoms. The number of carboxylic acid groups (broad SMARTS) is 2. The summed E-state index contributed by atoms with van der Waals surface area (Å²) in [4.78, 5) is 99.9. The van der Waals surface area contributed by atoms with Gasteiger partial charge in [0.15, 0.2) is 11.9 Å². The first-order valence-corrected chi connectivity index (χ1v) is 22.2. The Balaban J connectivity index is 0.00000203. The largest absolute Gasteiger partial charge is 0.508 e. The molecule has 0 bridgehead atoms. The predicted octanol–water partition coefficient (Wildman–Crippen LogP) is 0.838. The molecule has 2 aliphatic heterocycles. The van der Waals surface area contributed by atoms with Crippen LogP contribution in [0.2, 0.25) is 0 Å². The van der Waals surface area contributed by atoms with Gasteiger partial charge in [0.25, 0.3) is 0 Å². The number of phenolic OH excluding ortho intramolecular Hbond substituents is 1. The van der Waals surface area contributed by atoms with Crippen molar-refractivity contribution in [3.05, 3.63) is 29.8 Å². The molecule has 0 saturated carbocycles. The third-order valence-corrected chi connectivity index (χ3v) is 10.4. The van der Waals surface area contributed by atoms with Crippen molar-refractivity contribution in [2.45, 2.75) is 135 Å². The fraction of sp³-hybridized carbons (Fsp3) is 0.651. The Morgan fingerprint density at radius 3 is 2.10 bits per heavy atom. The number of phenols is 1. The number of carbonyl (C=O) groups is 7. The Morgan fingerprint density at radius 2 is 1.55 bits per heavy atom. The maximum absolute atomic E-state index is 14.2. The van der Waals surface area contributed by atoms with Crippen LogP contribution >= 0.6 is 0 Å². The number of unbranched alkanes of at least 4 members (excludes halogenated alkanes) is 1. The summed E-state index contributed by atoms with van der Waals surface area (Å²) in [6.07, 6.45) is -1.14. The van der Waals surface area contributed by atoms with Gasteiger partial charge in [-0.15, -0.1) is 0 Å². The molecule has 0 aromatic heterocycles. The van der Waals surface area contributed by atoms with E-state index in [0.717, 1.165) is 25.5 Å². The van der Waals surface area contributed by atoms with Crippen LogP contribution in [-0.4, -0.2) is 143 Å². The van der Waals surface area contributed by atoms with Crippen LogP contribution in [0.25, 0.3) is 0 Å². The molecule has 5 atom stereocenters. The van der Waals surface area contributed by atoms with Crippen molar-refractivity contribution in [2.75, 3.05) is 32.7 Å². The molecule has 0 unspecified atom stereocenters. The number of nitrogens with zero attached hydrogens (tertiary/aromatic N) is 3. The Morgan fingerprint density at radius 1 is 0.896 bits per heavy atom. The number of aliphatic carboxylic acids is 2. The van der Waals surface area contributed by atoms with Crippen LogP contribution in [0.15, 0.2) is 34.3 Å². The number of carboxylic acids is 2. The van der Waals surface area contributed by atoms with Gasteiger partial charge in [-0.3, -0.25) is 34.0 Å². The minimum absolute atomic E-state index is 0.00216. The molecule has 67 heavy (non-hydrogen) atoms. The summed E-state index contributed by atoms with van der Waals surface area (Å²) in [7, 11) is 0. The lowest BCUT2D eigenvalue weighted by Crippen LogP contribution is -2.61. The molecule has 5 amide bonds. The Bertz CT molecular complexity index is 1890. The number of benzene rings is 1. The standard InChI is InChI=1S/C41H67N11O8.C2HF3O2/c1-25(2)23-30(38(59)60)50-36(57)33(41(3,4)5)51-34(55)29(24-26-14-16-27(53)17-15-26)49-35(56)31-12-9-22-52(31)37(58)28(11-8-19-44-39(42)43)48-32(54)13-6-7-18-45-40-46-20-10-21-47-40;3-2(4,5)1(6)7/h14-17,25,28-31,33,53H,6-13,18-24H2,1-5H3,(H,48,54)(H,49,56)(H,50,57)(H,51,55)(H,59,60)(H4,42,43,44)(H2,45,46,47);(H,6,7)/t28-,29-,30-,31-,33+;/m0./s1. The summed E-state index contributed by atoms with van der Waals surface area (Å²) in [5.74, 6) is -6.11. The summed E-state index contributed by atoms with van der Waals surface area (Å²) in [5.41, 5.74) is 10.7. The van der Waals surface area contributed by atoms with E-state index in [2.05, 4.69) is 41.9 Å². The minimum Gasteiger partial charge on any atom is -0.508 e. The predicted molar refractivity (Wildman–Crippen MR) is 241 cm³/mol. The van der Waals surface area contributed by atoms with Gasteiger partial charge < -0.3 is 63.6 Å². The average Bonchev–Trinajstić information content (AvgIpc) is 3.74. The third-order valence-electron chi connectivity index (χ3n) is 10.4. The van der Waals surface area contributed by atoms with Crippen molar-refractivity contribution in [3.63, 3.8) is 0 Å². The van der Waals surface area contributed by atoms with Crippen molar-refractivity contribution in [1.82, 2.24) is 36.8 Å². The van der Waals surface area contributed by atoms with E-state index < -0.39 is 77.4 Å². The molecule has 2 heterocycles. The number of carbonyl (C=O) groups excluding carboxylic acids is 5. The molecule has 0 spiro atoms. The van der Waals surface area contributed by atoms with Gasteiger partial charge in [-0.2, -0.15) is 13.2 Å². The van der Waals surface area contributed by atoms with Crippen LogP contribution in [0.4, 0.5) is 13.2 Å². The van der Waals surface area contributed by atoms with Crippen LogP contribution in [0.5, 0.6) is 5.75 Å². The first-order chi connectivity index (χ1) is 31.3. The molecule has 3 rings (SSSR count). The molecule has 1 aromatic rings. The lowest BCUT2D eigenvalue weighted by atomic mass is 9.85. The summed E-state index contributed by atoms with van der Waals surface area (Å²) < 4.78 is 31.7. The normalized spacial score (nSPS) is 16.6. The highest BCUT2D eigenvalue weighted by Crippen LogP contribution is 2.23.